The predicted molar refractivity (Wildman–Crippen MR) is 107 cm³/mol. The topological polar surface area (TPSA) is 124 Å². The zero-order valence-corrected chi connectivity index (χ0v) is 16.8. The number of ether oxygens (including phenoxy) is 1. The van der Waals surface area contributed by atoms with Crippen LogP contribution in [0.2, 0.25) is 0 Å². The normalized spacial score (nSPS) is 31.8. The summed E-state index contributed by atoms with van der Waals surface area (Å²) in [6.45, 7) is 6.47. The number of carbonyl (C=O) groups is 1. The summed E-state index contributed by atoms with van der Waals surface area (Å²) in [5, 5.41) is 32.2. The van der Waals surface area contributed by atoms with Gasteiger partial charge in [0, 0.05) is 44.3 Å². The molecule has 1 amide bonds. The van der Waals surface area contributed by atoms with Crippen LogP contribution in [0.1, 0.15) is 13.8 Å². The van der Waals surface area contributed by atoms with Gasteiger partial charge in [-0.15, -0.1) is 0 Å². The first-order chi connectivity index (χ1) is 14.0. The smallest absolute Gasteiger partial charge is 0.223 e. The molecule has 0 aromatic carbocycles. The number of hydrogen-bond donors (Lipinski definition) is 4. The van der Waals surface area contributed by atoms with Gasteiger partial charge in [-0.25, -0.2) is 4.98 Å². The lowest BCUT2D eigenvalue weighted by atomic mass is 9.65. The molecule has 4 N–H and O–H groups in total. The highest BCUT2D eigenvalue weighted by molar-refractivity contribution is 5.89. The van der Waals surface area contributed by atoms with E-state index in [0.717, 1.165) is 11.1 Å². The maximum Gasteiger partial charge on any atom is 0.223 e. The van der Waals surface area contributed by atoms with Crippen molar-refractivity contribution < 1.29 is 19.7 Å². The van der Waals surface area contributed by atoms with Crippen molar-refractivity contribution in [3.05, 3.63) is 18.5 Å². The Morgan fingerprint density at radius 3 is 2.93 bits per heavy atom. The highest BCUT2D eigenvalue weighted by Gasteiger charge is 2.54. The van der Waals surface area contributed by atoms with Gasteiger partial charge in [-0.2, -0.15) is 5.10 Å². The largest absolute Gasteiger partial charge is 0.390 e. The van der Waals surface area contributed by atoms with Crippen molar-refractivity contribution in [1.82, 2.24) is 20.5 Å². The molecule has 4 rings (SSSR count). The summed E-state index contributed by atoms with van der Waals surface area (Å²) in [5.41, 5.74) is 1.68. The standard InChI is InChI=1S/C20H29N5O4/c1-3-29-7-6-22-20(28)16-11(2)17(26)18(27)14-10-25(9-13(14)16)15-4-5-21-19-12(15)8-23-24-19/h4-5,8,11,13-14,16-18,26-27H,3,6-7,9-10H2,1-2H3,(H,22,28)(H,21,23,24)/t11-,13+,14+,16+,17+,18+/m1/s1. The van der Waals surface area contributed by atoms with Crippen LogP contribution in [0.25, 0.3) is 11.0 Å². The molecule has 9 nitrogen and oxygen atoms in total. The monoisotopic (exact) mass is 403 g/mol. The van der Waals surface area contributed by atoms with Gasteiger partial charge in [0.2, 0.25) is 5.91 Å². The molecule has 1 saturated carbocycles. The van der Waals surface area contributed by atoms with Gasteiger partial charge in [0.15, 0.2) is 5.65 Å². The molecule has 2 aromatic rings. The molecule has 0 spiro atoms. The van der Waals surface area contributed by atoms with E-state index < -0.39 is 12.2 Å². The number of nitrogens with one attached hydrogen (secondary N) is 2. The van der Waals surface area contributed by atoms with E-state index in [1.54, 1.807) is 12.4 Å². The number of amides is 1. The molecule has 0 unspecified atom stereocenters. The summed E-state index contributed by atoms with van der Waals surface area (Å²) in [6.07, 6.45) is 1.69. The molecule has 9 heteroatoms. The number of carbonyl (C=O) groups excluding carboxylic acids is 1. The van der Waals surface area contributed by atoms with Crippen molar-refractivity contribution in [3.8, 4) is 0 Å². The maximum absolute atomic E-state index is 13.0. The van der Waals surface area contributed by atoms with Gasteiger partial charge in [0.1, 0.15) is 0 Å². The Bertz CT molecular complexity index is 858. The van der Waals surface area contributed by atoms with Crippen LogP contribution in [0.5, 0.6) is 0 Å². The van der Waals surface area contributed by atoms with Crippen LogP contribution >= 0.6 is 0 Å². The van der Waals surface area contributed by atoms with Gasteiger partial charge in [-0.3, -0.25) is 9.89 Å². The fourth-order valence-electron chi connectivity index (χ4n) is 5.01. The Hall–Kier alpha value is -2.23. The molecule has 1 saturated heterocycles. The van der Waals surface area contributed by atoms with E-state index in [1.807, 2.05) is 19.9 Å². The van der Waals surface area contributed by atoms with E-state index in [0.29, 0.717) is 38.5 Å². The number of nitrogens with zero attached hydrogens (tertiary/aromatic N) is 3. The van der Waals surface area contributed by atoms with Crippen molar-refractivity contribution in [2.24, 2.45) is 23.7 Å². The van der Waals surface area contributed by atoms with Gasteiger partial charge in [-0.1, -0.05) is 6.92 Å². The third-order valence-corrected chi connectivity index (χ3v) is 6.49. The van der Waals surface area contributed by atoms with Crippen LogP contribution in [0.4, 0.5) is 5.69 Å². The lowest BCUT2D eigenvalue weighted by Gasteiger charge is -2.43. The molecule has 2 aliphatic rings. The van der Waals surface area contributed by atoms with E-state index >= 15 is 0 Å². The third kappa shape index (κ3) is 3.58. The van der Waals surface area contributed by atoms with E-state index in [-0.39, 0.29) is 29.6 Å². The molecule has 1 aliphatic carbocycles. The summed E-state index contributed by atoms with van der Waals surface area (Å²) in [5.74, 6) is -1.01. The molecule has 158 valence electrons. The number of fused-ring (bicyclic) bond motifs is 2. The zero-order valence-electron chi connectivity index (χ0n) is 16.8. The molecule has 3 heterocycles. The van der Waals surface area contributed by atoms with Crippen LogP contribution in [-0.2, 0) is 9.53 Å². The number of pyridine rings is 1. The van der Waals surface area contributed by atoms with Crippen molar-refractivity contribution >= 4 is 22.6 Å². The van der Waals surface area contributed by atoms with Crippen LogP contribution in [0, 0.1) is 23.7 Å². The quantitative estimate of drug-likeness (QED) is 0.506. The Morgan fingerprint density at radius 2 is 2.14 bits per heavy atom. The number of aromatic nitrogens is 3. The second-order valence-corrected chi connectivity index (χ2v) is 8.05. The van der Waals surface area contributed by atoms with E-state index in [1.165, 1.54) is 0 Å². The minimum absolute atomic E-state index is 0.0504. The van der Waals surface area contributed by atoms with Gasteiger partial charge < -0.3 is 25.2 Å². The Morgan fingerprint density at radius 1 is 1.34 bits per heavy atom. The fraction of sp³-hybridized carbons (Fsp3) is 0.650. The fourth-order valence-corrected chi connectivity index (χ4v) is 5.01. The molecule has 29 heavy (non-hydrogen) atoms. The van der Waals surface area contributed by atoms with E-state index in [9.17, 15) is 15.0 Å². The lowest BCUT2D eigenvalue weighted by molar-refractivity contribution is -0.146. The van der Waals surface area contributed by atoms with E-state index in [4.69, 9.17) is 4.74 Å². The van der Waals surface area contributed by atoms with Crippen LogP contribution < -0.4 is 10.2 Å². The summed E-state index contributed by atoms with van der Waals surface area (Å²) >= 11 is 0. The molecule has 2 aromatic heterocycles. The van der Waals surface area contributed by atoms with Gasteiger partial charge >= 0.3 is 0 Å². The van der Waals surface area contributed by atoms with Gasteiger partial charge in [0.05, 0.1) is 36.1 Å². The Kier molecular flexibility index (Phi) is 5.71. The number of aliphatic hydroxyl groups is 2. The van der Waals surface area contributed by atoms with Crippen LogP contribution in [0.3, 0.4) is 0 Å². The van der Waals surface area contributed by atoms with E-state index in [2.05, 4.69) is 25.4 Å². The van der Waals surface area contributed by atoms with Gasteiger partial charge in [0.25, 0.3) is 0 Å². The molecular formula is C20H29N5O4. The summed E-state index contributed by atoms with van der Waals surface area (Å²) in [7, 11) is 0. The van der Waals surface area contributed by atoms with Crippen molar-refractivity contribution in [1.29, 1.82) is 0 Å². The van der Waals surface area contributed by atoms with Crippen LogP contribution in [0.15, 0.2) is 18.5 Å². The number of aromatic amines is 1. The average Bonchev–Trinajstić information content (AvgIpc) is 3.37. The highest BCUT2D eigenvalue weighted by atomic mass is 16.5. The number of rotatable bonds is 6. The number of H-pyrrole nitrogens is 1. The molecule has 2 fully saturated rings. The third-order valence-electron chi connectivity index (χ3n) is 6.49. The lowest BCUT2D eigenvalue weighted by Crippen LogP contribution is -2.55. The SMILES string of the molecule is CCOCCNC(=O)[C@H]1[C@@H](C)[C@H](O)[C@@H](O)[C@H]2CN(c3ccnc4[nH]ncc34)C[C@@H]21. The molecule has 1 aliphatic heterocycles. The highest BCUT2D eigenvalue weighted by Crippen LogP contribution is 2.45. The van der Waals surface area contributed by atoms with Crippen molar-refractivity contribution in [3.63, 3.8) is 0 Å². The Labute approximate surface area is 169 Å². The maximum atomic E-state index is 13.0. The summed E-state index contributed by atoms with van der Waals surface area (Å²) in [6, 6.07) is 1.93. The second kappa shape index (κ2) is 8.25. The first-order valence-electron chi connectivity index (χ1n) is 10.3. The summed E-state index contributed by atoms with van der Waals surface area (Å²) < 4.78 is 5.30. The van der Waals surface area contributed by atoms with Crippen molar-refractivity contribution in [2.45, 2.75) is 26.1 Å². The number of aliphatic hydroxyl groups excluding tert-OH is 2. The van der Waals surface area contributed by atoms with Gasteiger partial charge in [-0.05, 0) is 24.8 Å². The molecule has 6 atom stereocenters. The van der Waals surface area contributed by atoms with Crippen molar-refractivity contribution in [2.75, 3.05) is 37.7 Å². The minimum Gasteiger partial charge on any atom is -0.390 e. The second-order valence-electron chi connectivity index (χ2n) is 8.05. The number of hydrogen-bond acceptors (Lipinski definition) is 7. The molecular weight excluding hydrogens is 374 g/mol. The Balaban J connectivity index is 1.57. The molecule has 0 bridgehead atoms. The average molecular weight is 403 g/mol. The molecule has 0 radical (unpaired) electrons. The first kappa shape index (κ1) is 20.1. The predicted octanol–water partition coefficient (Wildman–Crippen LogP) is 0.151. The summed E-state index contributed by atoms with van der Waals surface area (Å²) in [4.78, 5) is 19.4. The van der Waals surface area contributed by atoms with Crippen LogP contribution in [-0.4, -0.2) is 76.4 Å². The zero-order chi connectivity index (χ0) is 20.5. The number of anilines is 1. The minimum atomic E-state index is -0.926. The first-order valence-corrected chi connectivity index (χ1v) is 10.3.